The van der Waals surface area contributed by atoms with Gasteiger partial charge in [-0.05, 0) is 47.0 Å². The maximum atomic E-state index is 11.1. The number of benzene rings is 1. The average Bonchev–Trinajstić information content (AvgIpc) is 2.32. The van der Waals surface area contributed by atoms with E-state index in [-0.39, 0.29) is 11.4 Å². The van der Waals surface area contributed by atoms with Crippen molar-refractivity contribution in [3.63, 3.8) is 0 Å². The van der Waals surface area contributed by atoms with Gasteiger partial charge in [-0.15, -0.1) is 0 Å². The number of aryl methyl sites for hydroxylation is 2. The van der Waals surface area contributed by atoms with Gasteiger partial charge in [-0.3, -0.25) is 10.1 Å². The molecule has 0 amide bonds. The molecule has 0 saturated heterocycles. The molecule has 0 unspecified atom stereocenters. The monoisotopic (exact) mass is 322 g/mol. The van der Waals surface area contributed by atoms with E-state index in [1.807, 2.05) is 6.07 Å². The lowest BCUT2D eigenvalue weighted by atomic mass is 10.1. The Bertz CT molecular complexity index is 644. The molecule has 2 rings (SSSR count). The molecule has 0 aliphatic heterocycles. The maximum Gasteiger partial charge on any atom is 0.312 e. The second-order valence-corrected chi connectivity index (χ2v) is 4.90. The van der Waals surface area contributed by atoms with Gasteiger partial charge in [0.2, 0.25) is 11.6 Å². The van der Waals surface area contributed by atoms with Crippen LogP contribution in [0.4, 0.5) is 5.69 Å². The Morgan fingerprint density at radius 3 is 2.68 bits per heavy atom. The predicted molar refractivity (Wildman–Crippen MR) is 74.6 cm³/mol. The number of pyridine rings is 1. The molecule has 0 saturated carbocycles. The quantitative estimate of drug-likeness (QED) is 0.483. The van der Waals surface area contributed by atoms with Gasteiger partial charge in [0.15, 0.2) is 0 Å². The van der Waals surface area contributed by atoms with Crippen LogP contribution in [0.25, 0.3) is 0 Å². The molecular formula is C13H11BrN2O3. The van der Waals surface area contributed by atoms with E-state index in [0.717, 1.165) is 5.56 Å². The van der Waals surface area contributed by atoms with Crippen molar-refractivity contribution in [3.05, 3.63) is 56.2 Å². The van der Waals surface area contributed by atoms with Crippen LogP contribution < -0.4 is 4.74 Å². The van der Waals surface area contributed by atoms with Crippen molar-refractivity contribution in [1.29, 1.82) is 0 Å². The molecule has 0 spiro atoms. The average molecular weight is 323 g/mol. The Labute approximate surface area is 118 Å². The van der Waals surface area contributed by atoms with E-state index in [2.05, 4.69) is 20.9 Å². The van der Waals surface area contributed by atoms with Gasteiger partial charge < -0.3 is 4.74 Å². The number of hydrogen-bond donors (Lipinski definition) is 0. The van der Waals surface area contributed by atoms with Gasteiger partial charge in [0.25, 0.3) is 0 Å². The summed E-state index contributed by atoms with van der Waals surface area (Å²) in [6.07, 6.45) is 0. The van der Waals surface area contributed by atoms with Crippen molar-refractivity contribution in [2.75, 3.05) is 0 Å². The van der Waals surface area contributed by atoms with Crippen LogP contribution >= 0.6 is 15.9 Å². The highest BCUT2D eigenvalue weighted by Gasteiger charge is 2.19. The second kappa shape index (κ2) is 5.36. The summed E-state index contributed by atoms with van der Waals surface area (Å²) in [6, 6.07) is 8.47. The Balaban J connectivity index is 2.47. The summed E-state index contributed by atoms with van der Waals surface area (Å²) in [5, 5.41) is 11.1. The van der Waals surface area contributed by atoms with Crippen molar-refractivity contribution in [1.82, 2.24) is 4.98 Å². The van der Waals surface area contributed by atoms with Crippen molar-refractivity contribution in [3.8, 4) is 11.6 Å². The van der Waals surface area contributed by atoms with E-state index in [4.69, 9.17) is 4.74 Å². The second-order valence-electron chi connectivity index (χ2n) is 4.09. The normalized spacial score (nSPS) is 10.3. The molecule has 0 N–H and O–H groups in total. The van der Waals surface area contributed by atoms with E-state index >= 15 is 0 Å². The Hall–Kier alpha value is -1.95. The van der Waals surface area contributed by atoms with Crippen molar-refractivity contribution in [2.45, 2.75) is 13.8 Å². The molecule has 0 atom stereocenters. The summed E-state index contributed by atoms with van der Waals surface area (Å²) in [5.41, 5.74) is 1.46. The summed E-state index contributed by atoms with van der Waals surface area (Å²) in [7, 11) is 0. The van der Waals surface area contributed by atoms with Crippen molar-refractivity contribution in [2.24, 2.45) is 0 Å². The number of rotatable bonds is 3. The lowest BCUT2D eigenvalue weighted by Gasteiger charge is -2.09. The Morgan fingerprint density at radius 2 is 2.05 bits per heavy atom. The van der Waals surface area contributed by atoms with Crippen LogP contribution in [0.2, 0.25) is 0 Å². The van der Waals surface area contributed by atoms with Crippen LogP contribution in [0.5, 0.6) is 11.6 Å². The lowest BCUT2D eigenvalue weighted by molar-refractivity contribution is -0.385. The van der Waals surface area contributed by atoms with Gasteiger partial charge in [-0.25, -0.2) is 4.98 Å². The molecule has 6 heteroatoms. The van der Waals surface area contributed by atoms with Gasteiger partial charge in [0.05, 0.1) is 4.92 Å². The van der Waals surface area contributed by atoms with Gasteiger partial charge in [-0.2, -0.15) is 0 Å². The first-order valence-electron chi connectivity index (χ1n) is 5.53. The van der Waals surface area contributed by atoms with Crippen LogP contribution in [-0.4, -0.2) is 9.91 Å². The van der Waals surface area contributed by atoms with Crippen LogP contribution in [0.3, 0.4) is 0 Å². The van der Waals surface area contributed by atoms with E-state index < -0.39 is 4.92 Å². The number of aromatic nitrogens is 1. The van der Waals surface area contributed by atoms with Crippen molar-refractivity contribution < 1.29 is 9.66 Å². The highest BCUT2D eigenvalue weighted by atomic mass is 79.9. The van der Waals surface area contributed by atoms with E-state index in [1.54, 1.807) is 32.0 Å². The molecule has 0 fully saturated rings. The molecule has 0 aliphatic rings. The van der Waals surface area contributed by atoms with Crippen molar-refractivity contribution >= 4 is 21.6 Å². The standard InChI is InChI=1S/C13H11BrN2O3/c1-8-6-9(2)13(10(7-8)16(17)18)19-12-5-3-4-11(14)15-12/h3-7H,1-2H3. The minimum Gasteiger partial charge on any atom is -0.431 e. The summed E-state index contributed by atoms with van der Waals surface area (Å²) in [6.45, 7) is 3.58. The zero-order chi connectivity index (χ0) is 14.0. The first-order valence-corrected chi connectivity index (χ1v) is 6.32. The van der Waals surface area contributed by atoms with E-state index in [9.17, 15) is 10.1 Å². The Kier molecular flexibility index (Phi) is 3.80. The van der Waals surface area contributed by atoms with Gasteiger partial charge in [0.1, 0.15) is 4.60 Å². The van der Waals surface area contributed by atoms with Crippen LogP contribution in [0, 0.1) is 24.0 Å². The molecule has 0 bridgehead atoms. The third-order valence-electron chi connectivity index (χ3n) is 2.49. The first kappa shape index (κ1) is 13.5. The van der Waals surface area contributed by atoms with E-state index in [1.165, 1.54) is 6.07 Å². The zero-order valence-electron chi connectivity index (χ0n) is 10.4. The number of halogens is 1. The topological polar surface area (TPSA) is 65.3 Å². The van der Waals surface area contributed by atoms with Crippen LogP contribution in [0.15, 0.2) is 34.9 Å². The summed E-state index contributed by atoms with van der Waals surface area (Å²) in [5.74, 6) is 0.533. The minimum absolute atomic E-state index is 0.0562. The predicted octanol–water partition coefficient (Wildman–Crippen LogP) is 4.16. The number of nitrogens with zero attached hydrogens (tertiary/aromatic N) is 2. The number of nitro benzene ring substituents is 1. The fourth-order valence-electron chi connectivity index (χ4n) is 1.75. The van der Waals surface area contributed by atoms with Gasteiger partial charge >= 0.3 is 5.69 Å². The van der Waals surface area contributed by atoms with E-state index in [0.29, 0.717) is 16.0 Å². The highest BCUT2D eigenvalue weighted by Crippen LogP contribution is 2.35. The molecule has 2 aromatic rings. The lowest BCUT2D eigenvalue weighted by Crippen LogP contribution is -1.98. The fraction of sp³-hybridized carbons (Fsp3) is 0.154. The SMILES string of the molecule is Cc1cc(C)c(Oc2cccc(Br)n2)c([N+](=O)[O-])c1. The largest absolute Gasteiger partial charge is 0.431 e. The molecule has 1 aromatic carbocycles. The molecular weight excluding hydrogens is 312 g/mol. The fourth-order valence-corrected chi connectivity index (χ4v) is 2.08. The molecule has 19 heavy (non-hydrogen) atoms. The zero-order valence-corrected chi connectivity index (χ0v) is 12.0. The minimum atomic E-state index is -0.451. The molecule has 0 radical (unpaired) electrons. The number of nitro groups is 1. The maximum absolute atomic E-state index is 11.1. The third kappa shape index (κ3) is 3.08. The molecule has 1 heterocycles. The summed E-state index contributed by atoms with van der Waals surface area (Å²) in [4.78, 5) is 14.7. The molecule has 0 aliphatic carbocycles. The molecule has 1 aromatic heterocycles. The number of hydrogen-bond acceptors (Lipinski definition) is 4. The third-order valence-corrected chi connectivity index (χ3v) is 2.93. The molecule has 5 nitrogen and oxygen atoms in total. The van der Waals surface area contributed by atoms with Gasteiger partial charge in [-0.1, -0.05) is 12.1 Å². The Morgan fingerprint density at radius 1 is 1.32 bits per heavy atom. The molecule has 98 valence electrons. The first-order chi connectivity index (χ1) is 8.97. The number of ether oxygens (including phenoxy) is 1. The van der Waals surface area contributed by atoms with Crippen LogP contribution in [0.1, 0.15) is 11.1 Å². The van der Waals surface area contributed by atoms with Gasteiger partial charge in [0, 0.05) is 12.1 Å². The summed E-state index contributed by atoms with van der Waals surface area (Å²) >= 11 is 3.23. The highest BCUT2D eigenvalue weighted by molar-refractivity contribution is 9.10. The smallest absolute Gasteiger partial charge is 0.312 e. The van der Waals surface area contributed by atoms with Crippen LogP contribution in [-0.2, 0) is 0 Å². The summed E-state index contributed by atoms with van der Waals surface area (Å²) < 4.78 is 6.16.